The van der Waals surface area contributed by atoms with Crippen molar-refractivity contribution in [2.24, 2.45) is 0 Å². The number of ether oxygens (including phenoxy) is 1. The fourth-order valence-corrected chi connectivity index (χ4v) is 2.50. The summed E-state index contributed by atoms with van der Waals surface area (Å²) in [7, 11) is 0. The molecule has 0 fully saturated rings. The van der Waals surface area contributed by atoms with Crippen molar-refractivity contribution in [2.45, 2.75) is 32.5 Å². The first-order valence-electron chi connectivity index (χ1n) is 7.31. The van der Waals surface area contributed by atoms with Gasteiger partial charge in [-0.1, -0.05) is 12.1 Å². The lowest BCUT2D eigenvalue weighted by atomic mass is 10.1. The molecular formula is C16H18FN3O2. The molecule has 0 saturated heterocycles. The van der Waals surface area contributed by atoms with Crippen LogP contribution in [0.4, 0.5) is 4.39 Å². The monoisotopic (exact) mass is 303 g/mol. The molecule has 0 radical (unpaired) electrons. The van der Waals surface area contributed by atoms with Crippen LogP contribution in [0.3, 0.4) is 0 Å². The highest BCUT2D eigenvalue weighted by atomic mass is 19.1. The lowest BCUT2D eigenvalue weighted by Gasteiger charge is -2.17. The first-order chi connectivity index (χ1) is 10.6. The maximum Gasteiger partial charge on any atom is 0.256 e. The van der Waals surface area contributed by atoms with Gasteiger partial charge in [-0.3, -0.25) is 4.79 Å². The Bertz CT molecular complexity index is 712. The van der Waals surface area contributed by atoms with Crippen LogP contribution in [0.1, 0.15) is 35.6 Å². The standard InChI is InChI=1S/C16H18FN3O2/c1-10(11-2-4-12(17)5-3-11)18-8-15-19-14-6-7-22-9-13(14)16(21)20-15/h2-5,10,18H,6-9H2,1H3,(H,19,20,21)/t10-/m0/s1. The van der Waals surface area contributed by atoms with Crippen molar-refractivity contribution in [3.63, 3.8) is 0 Å². The summed E-state index contributed by atoms with van der Waals surface area (Å²) in [6.45, 7) is 3.36. The molecule has 2 N–H and O–H groups in total. The van der Waals surface area contributed by atoms with Crippen LogP contribution in [0, 0.1) is 5.82 Å². The fourth-order valence-electron chi connectivity index (χ4n) is 2.50. The Morgan fingerprint density at radius 3 is 2.95 bits per heavy atom. The van der Waals surface area contributed by atoms with Crippen LogP contribution in [-0.2, 0) is 24.3 Å². The Hall–Kier alpha value is -2.05. The number of rotatable bonds is 4. The Morgan fingerprint density at radius 2 is 2.18 bits per heavy atom. The molecule has 22 heavy (non-hydrogen) atoms. The molecule has 0 unspecified atom stereocenters. The van der Waals surface area contributed by atoms with E-state index in [2.05, 4.69) is 15.3 Å². The van der Waals surface area contributed by atoms with Gasteiger partial charge in [0.15, 0.2) is 0 Å². The number of hydrogen-bond donors (Lipinski definition) is 2. The maximum atomic E-state index is 12.9. The zero-order chi connectivity index (χ0) is 15.5. The van der Waals surface area contributed by atoms with Gasteiger partial charge >= 0.3 is 0 Å². The summed E-state index contributed by atoms with van der Waals surface area (Å²) in [6, 6.07) is 6.39. The van der Waals surface area contributed by atoms with Gasteiger partial charge in [-0.25, -0.2) is 9.37 Å². The van der Waals surface area contributed by atoms with E-state index >= 15 is 0 Å². The van der Waals surface area contributed by atoms with Crippen LogP contribution in [0.25, 0.3) is 0 Å². The first-order valence-corrected chi connectivity index (χ1v) is 7.31. The Kier molecular flexibility index (Phi) is 4.31. The Labute approximate surface area is 127 Å². The van der Waals surface area contributed by atoms with Crippen molar-refractivity contribution in [2.75, 3.05) is 6.61 Å². The van der Waals surface area contributed by atoms with Crippen LogP contribution in [0.2, 0.25) is 0 Å². The summed E-state index contributed by atoms with van der Waals surface area (Å²) in [6.07, 6.45) is 0.666. The average Bonchev–Trinajstić information content (AvgIpc) is 2.53. The number of hydrogen-bond acceptors (Lipinski definition) is 4. The minimum absolute atomic E-state index is 0.0327. The molecule has 6 heteroatoms. The number of nitrogens with zero attached hydrogens (tertiary/aromatic N) is 1. The zero-order valence-corrected chi connectivity index (χ0v) is 12.4. The second kappa shape index (κ2) is 6.37. The van der Waals surface area contributed by atoms with Gasteiger partial charge < -0.3 is 15.0 Å². The molecule has 0 saturated carbocycles. The quantitative estimate of drug-likeness (QED) is 0.904. The third-order valence-corrected chi connectivity index (χ3v) is 3.83. The van der Waals surface area contributed by atoms with E-state index in [4.69, 9.17) is 4.74 Å². The minimum atomic E-state index is -0.251. The van der Waals surface area contributed by atoms with Gasteiger partial charge in [-0.15, -0.1) is 0 Å². The van der Waals surface area contributed by atoms with E-state index in [1.54, 1.807) is 12.1 Å². The van der Waals surface area contributed by atoms with Crippen molar-refractivity contribution in [3.8, 4) is 0 Å². The molecule has 0 bridgehead atoms. The van der Waals surface area contributed by atoms with Crippen LogP contribution >= 0.6 is 0 Å². The molecular weight excluding hydrogens is 285 g/mol. The largest absolute Gasteiger partial charge is 0.376 e. The molecule has 116 valence electrons. The molecule has 1 aliphatic rings. The number of aromatic amines is 1. The highest BCUT2D eigenvalue weighted by Crippen LogP contribution is 2.14. The summed E-state index contributed by atoms with van der Waals surface area (Å²) in [5.41, 5.74) is 2.30. The highest BCUT2D eigenvalue weighted by molar-refractivity contribution is 5.20. The number of aromatic nitrogens is 2. The number of benzene rings is 1. The van der Waals surface area contributed by atoms with Gasteiger partial charge in [0.25, 0.3) is 5.56 Å². The molecule has 3 rings (SSSR count). The molecule has 0 amide bonds. The minimum Gasteiger partial charge on any atom is -0.376 e. The van der Waals surface area contributed by atoms with Crippen LogP contribution < -0.4 is 10.9 Å². The summed E-state index contributed by atoms with van der Waals surface area (Å²) < 4.78 is 18.2. The van der Waals surface area contributed by atoms with E-state index in [1.807, 2.05) is 6.92 Å². The van der Waals surface area contributed by atoms with Gasteiger partial charge in [0.05, 0.1) is 31.0 Å². The predicted molar refractivity (Wildman–Crippen MR) is 79.9 cm³/mol. The van der Waals surface area contributed by atoms with E-state index in [1.165, 1.54) is 12.1 Å². The summed E-state index contributed by atoms with van der Waals surface area (Å²) in [5.74, 6) is 0.360. The van der Waals surface area contributed by atoms with Crippen LogP contribution in [-0.4, -0.2) is 16.6 Å². The van der Waals surface area contributed by atoms with Crippen molar-refractivity contribution in [1.82, 2.24) is 15.3 Å². The second-order valence-corrected chi connectivity index (χ2v) is 5.39. The summed E-state index contributed by atoms with van der Waals surface area (Å²) in [4.78, 5) is 19.3. The predicted octanol–water partition coefficient (Wildman–Crippen LogP) is 1.83. The van der Waals surface area contributed by atoms with E-state index in [-0.39, 0.29) is 17.4 Å². The van der Waals surface area contributed by atoms with E-state index in [0.29, 0.717) is 37.6 Å². The Balaban J connectivity index is 1.70. The molecule has 1 aromatic heterocycles. The third kappa shape index (κ3) is 3.23. The average molecular weight is 303 g/mol. The molecule has 5 nitrogen and oxygen atoms in total. The van der Waals surface area contributed by atoms with E-state index in [0.717, 1.165) is 11.3 Å². The fraction of sp³-hybridized carbons (Fsp3) is 0.375. The van der Waals surface area contributed by atoms with Crippen molar-refractivity contribution in [3.05, 3.63) is 63.1 Å². The smallest absolute Gasteiger partial charge is 0.256 e. The second-order valence-electron chi connectivity index (χ2n) is 5.39. The van der Waals surface area contributed by atoms with Crippen LogP contribution in [0.5, 0.6) is 0 Å². The van der Waals surface area contributed by atoms with Gasteiger partial charge in [0.1, 0.15) is 11.6 Å². The number of H-pyrrole nitrogens is 1. The number of halogens is 1. The van der Waals surface area contributed by atoms with Crippen LogP contribution in [0.15, 0.2) is 29.1 Å². The molecule has 0 aliphatic carbocycles. The zero-order valence-electron chi connectivity index (χ0n) is 12.4. The molecule has 1 aromatic carbocycles. The Morgan fingerprint density at radius 1 is 1.41 bits per heavy atom. The molecule has 2 aromatic rings. The topological polar surface area (TPSA) is 67.0 Å². The SMILES string of the molecule is C[C@H](NCc1nc2c(c(=O)[nH]1)COCC2)c1ccc(F)cc1. The molecule has 0 spiro atoms. The molecule has 1 atom stereocenters. The van der Waals surface area contributed by atoms with Gasteiger partial charge in [-0.2, -0.15) is 0 Å². The highest BCUT2D eigenvalue weighted by Gasteiger charge is 2.16. The van der Waals surface area contributed by atoms with E-state index < -0.39 is 0 Å². The van der Waals surface area contributed by atoms with E-state index in [9.17, 15) is 9.18 Å². The summed E-state index contributed by atoms with van der Waals surface area (Å²) in [5, 5.41) is 3.28. The molecule has 2 heterocycles. The van der Waals surface area contributed by atoms with Gasteiger partial charge in [-0.05, 0) is 24.6 Å². The normalized spacial score (nSPS) is 15.4. The van der Waals surface area contributed by atoms with Crippen molar-refractivity contribution < 1.29 is 9.13 Å². The molecule has 1 aliphatic heterocycles. The number of nitrogens with one attached hydrogen (secondary N) is 2. The van der Waals surface area contributed by atoms with Crippen molar-refractivity contribution in [1.29, 1.82) is 0 Å². The lowest BCUT2D eigenvalue weighted by molar-refractivity contribution is 0.107. The number of fused-ring (bicyclic) bond motifs is 1. The van der Waals surface area contributed by atoms with Crippen molar-refractivity contribution >= 4 is 0 Å². The van der Waals surface area contributed by atoms with Gasteiger partial charge in [0, 0.05) is 12.5 Å². The third-order valence-electron chi connectivity index (χ3n) is 3.83. The lowest BCUT2D eigenvalue weighted by Crippen LogP contribution is -2.28. The maximum absolute atomic E-state index is 12.9. The first kappa shape index (κ1) is 14.9. The van der Waals surface area contributed by atoms with Gasteiger partial charge in [0.2, 0.25) is 0 Å². The summed E-state index contributed by atoms with van der Waals surface area (Å²) >= 11 is 0.